The molecule has 0 heterocycles. The van der Waals surface area contributed by atoms with Gasteiger partial charge in [0.05, 0.1) is 0 Å². The summed E-state index contributed by atoms with van der Waals surface area (Å²) in [5.74, 6) is -0.104. The van der Waals surface area contributed by atoms with Crippen LogP contribution in [-0.2, 0) is 11.8 Å². The molecule has 0 aliphatic carbocycles. The van der Waals surface area contributed by atoms with Gasteiger partial charge in [-0.25, -0.2) is 0 Å². The monoisotopic (exact) mass is 544 g/mol. The van der Waals surface area contributed by atoms with E-state index in [2.05, 4.69) is 54.8 Å². The average Bonchev–Trinajstić information content (AvgIpc) is 2.69. The fourth-order valence-corrected chi connectivity index (χ4v) is 3.33. The van der Waals surface area contributed by atoms with Crippen molar-refractivity contribution in [1.29, 1.82) is 0 Å². The topological polar surface area (TPSA) is 64.5 Å². The van der Waals surface area contributed by atoms with Crippen molar-refractivity contribution in [3.05, 3.63) is 59.7 Å². The maximum Gasteiger partial charge on any atom is 0.157 e. The van der Waals surface area contributed by atoms with Crippen molar-refractivity contribution in [1.82, 2.24) is 10.6 Å². The van der Waals surface area contributed by atoms with Gasteiger partial charge in [0.15, 0.2) is 11.5 Å². The van der Waals surface area contributed by atoms with Crippen LogP contribution < -0.4 is 10.6 Å². The van der Waals surface area contributed by atoms with Gasteiger partial charge in [-0.15, -0.1) is 34.0 Å². The zero-order valence-corrected chi connectivity index (χ0v) is 21.6. The van der Waals surface area contributed by atoms with Crippen LogP contribution in [-0.4, -0.2) is 36.4 Å². The minimum atomic E-state index is -0.0603. The van der Waals surface area contributed by atoms with Gasteiger partial charge in [-0.05, 0) is 62.2 Å². The molecule has 0 radical (unpaired) electrons. The van der Waals surface area contributed by atoms with Crippen molar-refractivity contribution in [2.24, 2.45) is 0 Å². The Hall–Kier alpha value is -1.08. The predicted octanol–water partition coefficient (Wildman–Crippen LogP) is 5.51. The van der Waals surface area contributed by atoms with Gasteiger partial charge in [0.1, 0.15) is 0 Å². The molecule has 0 atom stereocenters. The molecule has 0 spiro atoms. The Morgan fingerprint density at radius 1 is 0.733 bits per heavy atom. The summed E-state index contributed by atoms with van der Waals surface area (Å²) in [4.78, 5) is 0. The summed E-state index contributed by atoms with van der Waals surface area (Å²) in [5.41, 5.74) is 2.59. The van der Waals surface area contributed by atoms with Crippen molar-refractivity contribution in [2.75, 3.05) is 26.2 Å². The summed E-state index contributed by atoms with van der Waals surface area (Å²) in [6.45, 7) is 8.58. The molecule has 2 aromatic rings. The SMILES string of the molecule is Br.Br.CC(C)(CNCCCCCCNCCc1ccc(O)c(O)c1)c1ccccc1. The largest absolute Gasteiger partial charge is 0.504 e. The number of benzene rings is 2. The smallest absolute Gasteiger partial charge is 0.157 e. The number of aromatic hydroxyl groups is 2. The molecule has 0 saturated carbocycles. The van der Waals surface area contributed by atoms with Crippen LogP contribution in [0.15, 0.2) is 48.5 Å². The summed E-state index contributed by atoms with van der Waals surface area (Å²) in [6.07, 6.45) is 5.77. The second kappa shape index (κ2) is 15.7. The Balaban J connectivity index is 0.00000420. The second-order valence-corrected chi connectivity index (χ2v) is 8.16. The van der Waals surface area contributed by atoms with Crippen molar-refractivity contribution >= 4 is 34.0 Å². The van der Waals surface area contributed by atoms with E-state index in [4.69, 9.17) is 0 Å². The van der Waals surface area contributed by atoms with Crippen LogP contribution in [0.5, 0.6) is 11.5 Å². The van der Waals surface area contributed by atoms with Gasteiger partial charge in [0, 0.05) is 12.0 Å². The van der Waals surface area contributed by atoms with E-state index in [1.165, 1.54) is 31.2 Å². The van der Waals surface area contributed by atoms with E-state index in [1.54, 1.807) is 12.1 Å². The molecule has 0 fully saturated rings. The number of hydrogen-bond donors (Lipinski definition) is 4. The van der Waals surface area contributed by atoms with E-state index >= 15 is 0 Å². The summed E-state index contributed by atoms with van der Waals surface area (Å²) < 4.78 is 0. The van der Waals surface area contributed by atoms with E-state index < -0.39 is 0 Å². The Bertz CT molecular complexity index is 697. The Morgan fingerprint density at radius 3 is 2.00 bits per heavy atom. The van der Waals surface area contributed by atoms with E-state index in [0.29, 0.717) is 0 Å². The number of hydrogen-bond acceptors (Lipinski definition) is 4. The molecule has 170 valence electrons. The summed E-state index contributed by atoms with van der Waals surface area (Å²) in [7, 11) is 0. The van der Waals surface area contributed by atoms with Crippen molar-refractivity contribution in [2.45, 2.75) is 51.4 Å². The van der Waals surface area contributed by atoms with E-state index in [9.17, 15) is 10.2 Å². The van der Waals surface area contributed by atoms with Gasteiger partial charge < -0.3 is 20.8 Å². The highest BCUT2D eigenvalue weighted by Crippen LogP contribution is 2.25. The first kappa shape index (κ1) is 28.9. The van der Waals surface area contributed by atoms with Crippen LogP contribution in [0, 0.1) is 0 Å². The minimum Gasteiger partial charge on any atom is -0.504 e. The normalized spacial score (nSPS) is 10.9. The Labute approximate surface area is 203 Å². The van der Waals surface area contributed by atoms with Crippen molar-refractivity contribution in [3.63, 3.8) is 0 Å². The molecule has 0 aromatic heterocycles. The van der Waals surface area contributed by atoms with Gasteiger partial charge in [-0.1, -0.05) is 63.1 Å². The van der Waals surface area contributed by atoms with Crippen molar-refractivity contribution in [3.8, 4) is 11.5 Å². The lowest BCUT2D eigenvalue weighted by atomic mass is 9.84. The molecule has 0 amide bonds. The lowest BCUT2D eigenvalue weighted by molar-refractivity contribution is 0.403. The number of halogens is 2. The van der Waals surface area contributed by atoms with Crippen LogP contribution in [0.1, 0.15) is 50.7 Å². The number of rotatable bonds is 13. The minimum absolute atomic E-state index is 0. The number of nitrogens with one attached hydrogen (secondary N) is 2. The lowest BCUT2D eigenvalue weighted by Crippen LogP contribution is -2.33. The van der Waals surface area contributed by atoms with E-state index in [0.717, 1.165) is 38.2 Å². The molecule has 0 unspecified atom stereocenters. The van der Waals surface area contributed by atoms with Gasteiger partial charge in [-0.2, -0.15) is 0 Å². The molecule has 2 aromatic carbocycles. The summed E-state index contributed by atoms with van der Waals surface area (Å²) in [6, 6.07) is 15.7. The van der Waals surface area contributed by atoms with Crippen LogP contribution in [0.4, 0.5) is 0 Å². The van der Waals surface area contributed by atoms with Gasteiger partial charge in [-0.3, -0.25) is 0 Å². The molecular weight excluding hydrogens is 508 g/mol. The maximum absolute atomic E-state index is 9.49. The molecule has 0 aliphatic heterocycles. The molecule has 0 bridgehead atoms. The third-order valence-electron chi connectivity index (χ3n) is 5.21. The third kappa shape index (κ3) is 10.8. The van der Waals surface area contributed by atoms with Gasteiger partial charge in [0.2, 0.25) is 0 Å². The second-order valence-electron chi connectivity index (χ2n) is 8.16. The zero-order chi connectivity index (χ0) is 20.2. The highest BCUT2D eigenvalue weighted by molar-refractivity contribution is 8.93. The first-order valence-electron chi connectivity index (χ1n) is 10.5. The molecule has 2 rings (SSSR count). The first-order valence-corrected chi connectivity index (χ1v) is 10.5. The van der Waals surface area contributed by atoms with Crippen LogP contribution in [0.3, 0.4) is 0 Å². The fourth-order valence-electron chi connectivity index (χ4n) is 3.33. The van der Waals surface area contributed by atoms with Crippen LogP contribution in [0.2, 0.25) is 0 Å². The molecule has 0 aliphatic rings. The molecule has 30 heavy (non-hydrogen) atoms. The van der Waals surface area contributed by atoms with Gasteiger partial charge in [0.25, 0.3) is 0 Å². The molecule has 4 nitrogen and oxygen atoms in total. The highest BCUT2D eigenvalue weighted by Gasteiger charge is 2.19. The quantitative estimate of drug-likeness (QED) is 0.198. The van der Waals surface area contributed by atoms with E-state index in [1.807, 2.05) is 6.07 Å². The molecule has 6 heteroatoms. The number of phenols is 2. The average molecular weight is 546 g/mol. The van der Waals surface area contributed by atoms with Gasteiger partial charge >= 0.3 is 0 Å². The summed E-state index contributed by atoms with van der Waals surface area (Å²) in [5, 5.41) is 25.9. The lowest BCUT2D eigenvalue weighted by Gasteiger charge is -2.25. The zero-order valence-electron chi connectivity index (χ0n) is 18.2. The van der Waals surface area contributed by atoms with Crippen LogP contribution in [0.25, 0.3) is 0 Å². The molecular formula is C24H38Br2N2O2. The number of phenolic OH excluding ortho intramolecular Hbond substituents is 2. The standard InChI is InChI=1S/C24H36N2O2.2BrH/c1-24(2,21-10-6-5-7-11-21)19-26-16-9-4-3-8-15-25-17-14-20-12-13-22(27)23(28)18-20;;/h5-7,10-13,18,25-28H,3-4,8-9,14-17,19H2,1-2H3;2*1H. The van der Waals surface area contributed by atoms with Crippen LogP contribution >= 0.6 is 34.0 Å². The molecule has 4 N–H and O–H groups in total. The molecule has 0 saturated heterocycles. The highest BCUT2D eigenvalue weighted by atomic mass is 79.9. The number of unbranched alkanes of at least 4 members (excludes halogenated alkanes) is 3. The fraction of sp³-hybridized carbons (Fsp3) is 0.500. The Kier molecular flexibility index (Phi) is 15.1. The first-order chi connectivity index (χ1) is 13.5. The maximum atomic E-state index is 9.49. The van der Waals surface area contributed by atoms with E-state index in [-0.39, 0.29) is 50.9 Å². The Morgan fingerprint density at radius 2 is 1.37 bits per heavy atom. The third-order valence-corrected chi connectivity index (χ3v) is 5.21. The van der Waals surface area contributed by atoms with Crippen molar-refractivity contribution < 1.29 is 10.2 Å². The predicted molar refractivity (Wildman–Crippen MR) is 138 cm³/mol. The summed E-state index contributed by atoms with van der Waals surface area (Å²) >= 11 is 0.